The molecule has 0 aliphatic heterocycles. The van der Waals surface area contributed by atoms with Gasteiger partial charge in [-0.25, -0.2) is 0 Å². The van der Waals surface area contributed by atoms with Crippen molar-refractivity contribution in [2.24, 2.45) is 0 Å². The number of aromatic nitrogens is 1. The predicted molar refractivity (Wildman–Crippen MR) is 80.1 cm³/mol. The van der Waals surface area contributed by atoms with E-state index in [2.05, 4.69) is 43.8 Å². The standard InChI is InChI=1S/C17H30NO/c1-4-5-6-7-8-9-10-11-19-15-18-13-16(2)12-17(3)14-18/h12-14H,4-11,15H2,1-3H3/q+1. The van der Waals surface area contributed by atoms with Gasteiger partial charge >= 0.3 is 0 Å². The molecule has 0 saturated carbocycles. The first-order valence-corrected chi connectivity index (χ1v) is 7.77. The number of aryl methyl sites for hydroxylation is 2. The molecule has 0 aromatic carbocycles. The van der Waals surface area contributed by atoms with E-state index in [1.165, 1.54) is 56.1 Å². The molecule has 0 spiro atoms. The minimum absolute atomic E-state index is 0.679. The molecule has 0 aliphatic rings. The lowest BCUT2D eigenvalue weighted by atomic mass is 10.1. The molecular weight excluding hydrogens is 234 g/mol. The van der Waals surface area contributed by atoms with E-state index in [4.69, 9.17) is 4.74 Å². The Morgan fingerprint density at radius 2 is 1.47 bits per heavy atom. The fourth-order valence-corrected chi connectivity index (χ4v) is 2.40. The van der Waals surface area contributed by atoms with Crippen molar-refractivity contribution in [2.75, 3.05) is 6.61 Å². The molecule has 1 aromatic heterocycles. The number of unbranched alkanes of at least 4 members (excludes halogenated alkanes) is 6. The minimum atomic E-state index is 0.679. The van der Waals surface area contributed by atoms with Crippen molar-refractivity contribution >= 4 is 0 Å². The van der Waals surface area contributed by atoms with Gasteiger partial charge in [-0.15, -0.1) is 0 Å². The van der Waals surface area contributed by atoms with Crippen LogP contribution in [0.4, 0.5) is 0 Å². The molecule has 1 aromatic rings. The number of pyridine rings is 1. The monoisotopic (exact) mass is 264 g/mol. The molecule has 0 amide bonds. The van der Waals surface area contributed by atoms with Crippen LogP contribution in [0.5, 0.6) is 0 Å². The van der Waals surface area contributed by atoms with Gasteiger partial charge in [-0.3, -0.25) is 0 Å². The topological polar surface area (TPSA) is 13.1 Å². The third-order valence-electron chi connectivity index (χ3n) is 3.33. The molecule has 0 radical (unpaired) electrons. The van der Waals surface area contributed by atoms with Crippen LogP contribution in [0.15, 0.2) is 18.5 Å². The van der Waals surface area contributed by atoms with Crippen molar-refractivity contribution in [1.82, 2.24) is 0 Å². The number of ether oxygens (including phenoxy) is 1. The molecule has 108 valence electrons. The van der Waals surface area contributed by atoms with Crippen molar-refractivity contribution in [2.45, 2.75) is 72.4 Å². The number of hydrogen-bond acceptors (Lipinski definition) is 1. The van der Waals surface area contributed by atoms with Crippen LogP contribution in [-0.2, 0) is 11.5 Å². The van der Waals surface area contributed by atoms with Gasteiger partial charge in [0.15, 0.2) is 12.4 Å². The van der Waals surface area contributed by atoms with Gasteiger partial charge in [-0.2, -0.15) is 4.57 Å². The van der Waals surface area contributed by atoms with Crippen LogP contribution in [0.1, 0.15) is 63.0 Å². The molecule has 2 heteroatoms. The highest BCUT2D eigenvalue weighted by molar-refractivity contribution is 5.11. The summed E-state index contributed by atoms with van der Waals surface area (Å²) < 4.78 is 7.85. The summed E-state index contributed by atoms with van der Waals surface area (Å²) in [5.41, 5.74) is 2.58. The first kappa shape index (κ1) is 16.2. The first-order chi connectivity index (χ1) is 9.22. The molecule has 0 atom stereocenters. The fraction of sp³-hybridized carbons (Fsp3) is 0.706. The number of hydrogen-bond donors (Lipinski definition) is 0. The Bertz CT molecular complexity index is 329. The Morgan fingerprint density at radius 3 is 2.11 bits per heavy atom. The largest absolute Gasteiger partial charge is 0.323 e. The molecular formula is C17H30NO+. The molecule has 0 N–H and O–H groups in total. The first-order valence-electron chi connectivity index (χ1n) is 7.77. The summed E-state index contributed by atoms with van der Waals surface area (Å²) in [6, 6.07) is 2.19. The lowest BCUT2D eigenvalue weighted by molar-refractivity contribution is -0.733. The summed E-state index contributed by atoms with van der Waals surface area (Å²) >= 11 is 0. The van der Waals surface area contributed by atoms with Crippen molar-refractivity contribution < 1.29 is 9.30 Å². The van der Waals surface area contributed by atoms with Gasteiger partial charge in [-0.05, 0) is 26.3 Å². The second-order valence-electron chi connectivity index (χ2n) is 5.56. The highest BCUT2D eigenvalue weighted by Gasteiger charge is 2.02. The fourth-order valence-electron chi connectivity index (χ4n) is 2.40. The molecule has 0 unspecified atom stereocenters. The van der Waals surface area contributed by atoms with E-state index >= 15 is 0 Å². The van der Waals surface area contributed by atoms with Crippen LogP contribution >= 0.6 is 0 Å². The van der Waals surface area contributed by atoms with Crippen LogP contribution in [-0.4, -0.2) is 6.61 Å². The highest BCUT2D eigenvalue weighted by Crippen LogP contribution is 2.06. The Morgan fingerprint density at radius 1 is 0.895 bits per heavy atom. The normalized spacial score (nSPS) is 10.9. The third kappa shape index (κ3) is 7.99. The number of nitrogens with zero attached hydrogens (tertiary/aromatic N) is 1. The zero-order valence-corrected chi connectivity index (χ0v) is 13.0. The van der Waals surface area contributed by atoms with Crippen molar-refractivity contribution in [3.63, 3.8) is 0 Å². The molecule has 0 aliphatic carbocycles. The van der Waals surface area contributed by atoms with E-state index in [0.29, 0.717) is 6.73 Å². The minimum Gasteiger partial charge on any atom is -0.323 e. The van der Waals surface area contributed by atoms with Crippen molar-refractivity contribution in [3.8, 4) is 0 Å². The van der Waals surface area contributed by atoms with Crippen LogP contribution in [0.3, 0.4) is 0 Å². The van der Waals surface area contributed by atoms with E-state index in [-0.39, 0.29) is 0 Å². The Hall–Kier alpha value is -0.890. The maximum absolute atomic E-state index is 5.72. The van der Waals surface area contributed by atoms with Gasteiger partial charge in [-0.1, -0.05) is 45.4 Å². The maximum Gasteiger partial charge on any atom is 0.252 e. The second-order valence-corrected chi connectivity index (χ2v) is 5.56. The average Bonchev–Trinajstić information content (AvgIpc) is 2.36. The molecule has 2 nitrogen and oxygen atoms in total. The molecule has 0 saturated heterocycles. The predicted octanol–water partition coefficient (Wildman–Crippen LogP) is 4.32. The summed E-state index contributed by atoms with van der Waals surface area (Å²) in [6.45, 7) is 8.07. The van der Waals surface area contributed by atoms with Gasteiger partial charge in [0.1, 0.15) is 0 Å². The second kappa shape index (κ2) is 9.96. The Balaban J connectivity index is 2.01. The van der Waals surface area contributed by atoms with Crippen LogP contribution in [0.2, 0.25) is 0 Å². The van der Waals surface area contributed by atoms with Gasteiger partial charge in [0.2, 0.25) is 0 Å². The van der Waals surface area contributed by atoms with Crippen molar-refractivity contribution in [3.05, 3.63) is 29.6 Å². The zero-order valence-electron chi connectivity index (χ0n) is 13.0. The van der Waals surface area contributed by atoms with Gasteiger partial charge in [0.25, 0.3) is 6.73 Å². The summed E-state index contributed by atoms with van der Waals surface area (Å²) in [6.07, 6.45) is 13.6. The van der Waals surface area contributed by atoms with Gasteiger partial charge < -0.3 is 4.74 Å². The van der Waals surface area contributed by atoms with E-state index in [0.717, 1.165) is 6.61 Å². The molecule has 1 rings (SSSR count). The molecule has 19 heavy (non-hydrogen) atoms. The van der Waals surface area contributed by atoms with E-state index in [9.17, 15) is 0 Å². The summed E-state index contributed by atoms with van der Waals surface area (Å²) in [5.74, 6) is 0. The number of rotatable bonds is 10. The average molecular weight is 264 g/mol. The lowest BCUT2D eigenvalue weighted by Crippen LogP contribution is -2.35. The summed E-state index contributed by atoms with van der Waals surface area (Å²) in [4.78, 5) is 0. The smallest absolute Gasteiger partial charge is 0.252 e. The van der Waals surface area contributed by atoms with E-state index in [1.807, 2.05) is 0 Å². The third-order valence-corrected chi connectivity index (χ3v) is 3.33. The summed E-state index contributed by atoms with van der Waals surface area (Å²) in [7, 11) is 0. The molecule has 1 heterocycles. The SMILES string of the molecule is CCCCCCCCCOC[n+]1cc(C)cc(C)c1. The Labute approximate surface area is 118 Å². The van der Waals surface area contributed by atoms with Gasteiger partial charge in [0.05, 0.1) is 6.61 Å². The summed E-state index contributed by atoms with van der Waals surface area (Å²) in [5, 5.41) is 0. The zero-order chi connectivity index (χ0) is 13.9. The lowest BCUT2D eigenvalue weighted by Gasteiger charge is -2.03. The van der Waals surface area contributed by atoms with Crippen LogP contribution in [0.25, 0.3) is 0 Å². The maximum atomic E-state index is 5.72. The Kier molecular flexibility index (Phi) is 8.48. The quantitative estimate of drug-likeness (QED) is 0.453. The van der Waals surface area contributed by atoms with E-state index in [1.54, 1.807) is 0 Å². The molecule has 0 fully saturated rings. The van der Waals surface area contributed by atoms with Crippen molar-refractivity contribution in [1.29, 1.82) is 0 Å². The van der Waals surface area contributed by atoms with Crippen LogP contribution < -0.4 is 4.57 Å². The van der Waals surface area contributed by atoms with Gasteiger partial charge in [0, 0.05) is 11.1 Å². The molecule has 0 bridgehead atoms. The van der Waals surface area contributed by atoms with Crippen LogP contribution in [0, 0.1) is 13.8 Å². The highest BCUT2D eigenvalue weighted by atomic mass is 16.5. The van der Waals surface area contributed by atoms with E-state index < -0.39 is 0 Å².